The Morgan fingerprint density at radius 2 is 2.14 bits per heavy atom. The number of nitrogens with one attached hydrogen (secondary N) is 1. The van der Waals surface area contributed by atoms with Gasteiger partial charge in [-0.3, -0.25) is 0 Å². The molecule has 3 nitrogen and oxygen atoms in total. The molecule has 14 heavy (non-hydrogen) atoms. The SMILES string of the molecule is CCCNCc1c(N)cccc1O.Cl. The summed E-state index contributed by atoms with van der Waals surface area (Å²) in [5.74, 6) is 0.267. The van der Waals surface area contributed by atoms with Crippen molar-refractivity contribution in [2.75, 3.05) is 12.3 Å². The first-order valence-corrected chi connectivity index (χ1v) is 4.52. The molecule has 0 atom stereocenters. The van der Waals surface area contributed by atoms with Crippen LogP contribution in [0.4, 0.5) is 5.69 Å². The van der Waals surface area contributed by atoms with Gasteiger partial charge >= 0.3 is 0 Å². The number of rotatable bonds is 4. The van der Waals surface area contributed by atoms with Gasteiger partial charge in [0.25, 0.3) is 0 Å². The summed E-state index contributed by atoms with van der Waals surface area (Å²) in [6, 6.07) is 5.19. The Hall–Kier alpha value is -0.930. The summed E-state index contributed by atoms with van der Waals surface area (Å²) in [5.41, 5.74) is 7.13. The van der Waals surface area contributed by atoms with E-state index in [2.05, 4.69) is 12.2 Å². The topological polar surface area (TPSA) is 58.3 Å². The Balaban J connectivity index is 0.00000169. The predicted octanol–water partition coefficient (Wildman–Crippen LogP) is 1.90. The Morgan fingerprint density at radius 3 is 2.71 bits per heavy atom. The van der Waals surface area contributed by atoms with E-state index in [1.54, 1.807) is 18.2 Å². The molecule has 0 heterocycles. The average Bonchev–Trinajstić information content (AvgIpc) is 2.10. The molecule has 0 aliphatic heterocycles. The maximum atomic E-state index is 9.47. The second-order valence-corrected chi connectivity index (χ2v) is 3.02. The minimum Gasteiger partial charge on any atom is -0.508 e. The number of nitrogen functional groups attached to an aromatic ring is 1. The lowest BCUT2D eigenvalue weighted by Crippen LogP contribution is -2.15. The molecule has 0 aromatic heterocycles. The van der Waals surface area contributed by atoms with E-state index < -0.39 is 0 Å². The van der Waals surface area contributed by atoms with Gasteiger partial charge in [0.1, 0.15) is 5.75 Å². The highest BCUT2D eigenvalue weighted by Gasteiger charge is 2.03. The van der Waals surface area contributed by atoms with Gasteiger partial charge in [-0.1, -0.05) is 13.0 Å². The van der Waals surface area contributed by atoms with Crippen LogP contribution in [0.2, 0.25) is 0 Å². The van der Waals surface area contributed by atoms with Gasteiger partial charge in [-0.2, -0.15) is 0 Å². The molecule has 4 N–H and O–H groups in total. The fourth-order valence-corrected chi connectivity index (χ4v) is 1.17. The quantitative estimate of drug-likeness (QED) is 0.532. The summed E-state index contributed by atoms with van der Waals surface area (Å²) in [6.45, 7) is 3.67. The van der Waals surface area contributed by atoms with Crippen LogP contribution >= 0.6 is 12.4 Å². The first-order chi connectivity index (χ1) is 6.25. The molecule has 80 valence electrons. The lowest BCUT2D eigenvalue weighted by atomic mass is 10.1. The lowest BCUT2D eigenvalue weighted by molar-refractivity contribution is 0.465. The van der Waals surface area contributed by atoms with Crippen LogP contribution in [0.5, 0.6) is 5.75 Å². The highest BCUT2D eigenvalue weighted by atomic mass is 35.5. The number of nitrogens with two attached hydrogens (primary N) is 1. The smallest absolute Gasteiger partial charge is 0.122 e. The van der Waals surface area contributed by atoms with E-state index in [9.17, 15) is 5.11 Å². The molecule has 0 saturated carbocycles. The van der Waals surface area contributed by atoms with Crippen molar-refractivity contribution in [3.63, 3.8) is 0 Å². The molecule has 1 rings (SSSR count). The summed E-state index contributed by atoms with van der Waals surface area (Å²) in [5, 5.41) is 12.7. The highest BCUT2D eigenvalue weighted by Crippen LogP contribution is 2.22. The van der Waals surface area contributed by atoms with E-state index >= 15 is 0 Å². The second-order valence-electron chi connectivity index (χ2n) is 3.02. The van der Waals surface area contributed by atoms with Crippen molar-refractivity contribution in [2.24, 2.45) is 0 Å². The predicted molar refractivity (Wildman–Crippen MR) is 61.8 cm³/mol. The van der Waals surface area contributed by atoms with Gasteiger partial charge in [0, 0.05) is 17.8 Å². The molecular weight excluding hydrogens is 200 g/mol. The van der Waals surface area contributed by atoms with Gasteiger partial charge in [0.15, 0.2) is 0 Å². The molecule has 0 radical (unpaired) electrons. The standard InChI is InChI=1S/C10H16N2O.ClH/c1-2-6-12-7-8-9(11)4-3-5-10(8)13;/h3-5,12-13H,2,6-7,11H2,1H3;1H. The van der Waals surface area contributed by atoms with Crippen LogP contribution in [-0.4, -0.2) is 11.7 Å². The summed E-state index contributed by atoms with van der Waals surface area (Å²) in [6.07, 6.45) is 1.08. The summed E-state index contributed by atoms with van der Waals surface area (Å²) >= 11 is 0. The van der Waals surface area contributed by atoms with Crippen molar-refractivity contribution in [2.45, 2.75) is 19.9 Å². The zero-order valence-electron chi connectivity index (χ0n) is 8.29. The molecule has 0 unspecified atom stereocenters. The maximum absolute atomic E-state index is 9.47. The number of benzene rings is 1. The van der Waals surface area contributed by atoms with E-state index in [0.717, 1.165) is 18.5 Å². The number of phenols is 1. The molecule has 0 amide bonds. The third kappa shape index (κ3) is 3.44. The first-order valence-electron chi connectivity index (χ1n) is 4.52. The van der Waals surface area contributed by atoms with Gasteiger partial charge in [0.05, 0.1) is 0 Å². The molecule has 0 aliphatic rings. The Kier molecular flexibility index (Phi) is 6.08. The van der Waals surface area contributed by atoms with Crippen molar-refractivity contribution in [1.29, 1.82) is 0 Å². The minimum atomic E-state index is 0. The van der Waals surface area contributed by atoms with Gasteiger partial charge < -0.3 is 16.2 Å². The zero-order chi connectivity index (χ0) is 9.68. The second kappa shape index (κ2) is 6.51. The van der Waals surface area contributed by atoms with Crippen LogP contribution < -0.4 is 11.1 Å². The molecule has 0 fully saturated rings. The number of phenolic OH excluding ortho intramolecular Hbond substituents is 1. The molecule has 1 aromatic carbocycles. The molecule has 0 bridgehead atoms. The van der Waals surface area contributed by atoms with Gasteiger partial charge in [-0.05, 0) is 25.1 Å². The summed E-state index contributed by atoms with van der Waals surface area (Å²) in [7, 11) is 0. The minimum absolute atomic E-state index is 0. The van der Waals surface area contributed by atoms with E-state index in [1.165, 1.54) is 0 Å². The Labute approximate surface area is 90.7 Å². The van der Waals surface area contributed by atoms with Crippen molar-refractivity contribution >= 4 is 18.1 Å². The Morgan fingerprint density at radius 1 is 1.43 bits per heavy atom. The number of anilines is 1. The van der Waals surface area contributed by atoms with Crippen molar-refractivity contribution in [3.05, 3.63) is 23.8 Å². The van der Waals surface area contributed by atoms with Gasteiger partial charge in [0.2, 0.25) is 0 Å². The number of hydrogen-bond acceptors (Lipinski definition) is 3. The molecular formula is C10H17ClN2O. The summed E-state index contributed by atoms with van der Waals surface area (Å²) in [4.78, 5) is 0. The first kappa shape index (κ1) is 13.1. The van der Waals surface area contributed by atoms with Gasteiger partial charge in [-0.25, -0.2) is 0 Å². The third-order valence-electron chi connectivity index (χ3n) is 1.92. The van der Waals surface area contributed by atoms with Crippen LogP contribution in [0.3, 0.4) is 0 Å². The third-order valence-corrected chi connectivity index (χ3v) is 1.92. The number of halogens is 1. The van der Waals surface area contributed by atoms with E-state index in [4.69, 9.17) is 5.73 Å². The normalized spacial score (nSPS) is 9.50. The van der Waals surface area contributed by atoms with Gasteiger partial charge in [-0.15, -0.1) is 12.4 Å². The lowest BCUT2D eigenvalue weighted by Gasteiger charge is -2.08. The van der Waals surface area contributed by atoms with Crippen molar-refractivity contribution in [3.8, 4) is 5.75 Å². The van der Waals surface area contributed by atoms with Crippen molar-refractivity contribution in [1.82, 2.24) is 5.32 Å². The average molecular weight is 217 g/mol. The molecule has 0 saturated heterocycles. The maximum Gasteiger partial charge on any atom is 0.122 e. The van der Waals surface area contributed by atoms with Crippen LogP contribution in [0.1, 0.15) is 18.9 Å². The van der Waals surface area contributed by atoms with E-state index in [1.807, 2.05) is 0 Å². The monoisotopic (exact) mass is 216 g/mol. The molecule has 1 aromatic rings. The van der Waals surface area contributed by atoms with Crippen molar-refractivity contribution < 1.29 is 5.11 Å². The van der Waals surface area contributed by atoms with E-state index in [-0.39, 0.29) is 18.2 Å². The number of aromatic hydroxyl groups is 1. The highest BCUT2D eigenvalue weighted by molar-refractivity contribution is 5.85. The number of hydrogen-bond donors (Lipinski definition) is 3. The van der Waals surface area contributed by atoms with E-state index in [0.29, 0.717) is 12.2 Å². The molecule has 0 aliphatic carbocycles. The summed E-state index contributed by atoms with van der Waals surface area (Å²) < 4.78 is 0. The molecule has 4 heteroatoms. The van der Waals surface area contributed by atoms with Crippen LogP contribution in [0.25, 0.3) is 0 Å². The fourth-order valence-electron chi connectivity index (χ4n) is 1.17. The van der Waals surface area contributed by atoms with Crippen LogP contribution in [0.15, 0.2) is 18.2 Å². The van der Waals surface area contributed by atoms with Crippen LogP contribution in [-0.2, 0) is 6.54 Å². The molecule has 0 spiro atoms. The Bertz CT molecular complexity index is 259. The van der Waals surface area contributed by atoms with Crippen LogP contribution in [0, 0.1) is 0 Å². The fraction of sp³-hybridized carbons (Fsp3) is 0.400. The largest absolute Gasteiger partial charge is 0.508 e. The zero-order valence-corrected chi connectivity index (χ0v) is 9.10.